The first-order chi connectivity index (χ1) is 25.1. The van der Waals surface area contributed by atoms with E-state index in [9.17, 15) is 0 Å². The van der Waals surface area contributed by atoms with Crippen molar-refractivity contribution in [1.82, 2.24) is 0 Å². The summed E-state index contributed by atoms with van der Waals surface area (Å²) in [5.41, 5.74) is 17.2. The molecular weight excluding hydrogens is 787 g/mol. The second-order valence-corrected chi connectivity index (χ2v) is 20.3. The molecule has 4 saturated carbocycles. The zero-order valence-corrected chi connectivity index (χ0v) is 38.6. The van der Waals surface area contributed by atoms with Gasteiger partial charge in [-0.05, 0) is 73.2 Å². The number of aryl methyl sites for hydroxylation is 3. The van der Waals surface area contributed by atoms with Gasteiger partial charge in [-0.15, -0.1) is 5.56 Å². The fraction of sp³-hybridized carbons (Fsp3) is 0.423. The van der Waals surface area contributed by atoms with Crippen LogP contribution in [0, 0.1) is 50.5 Å². The van der Waals surface area contributed by atoms with E-state index in [0.29, 0.717) is 0 Å². The molecule has 0 N–H and O–H groups in total. The maximum Gasteiger partial charge on any atom is -1.00 e. The van der Waals surface area contributed by atoms with E-state index in [1.165, 1.54) is 88.6 Å². The Bertz CT molecular complexity index is 1930. The molecule has 5 aliphatic carbocycles. The summed E-state index contributed by atoms with van der Waals surface area (Å²) >= 11 is 1.46. The summed E-state index contributed by atoms with van der Waals surface area (Å²) in [7, 11) is 0. The predicted molar refractivity (Wildman–Crippen MR) is 223 cm³/mol. The Morgan fingerprint density at radius 2 is 1.15 bits per heavy atom. The topological polar surface area (TPSA) is 0 Å². The largest absolute Gasteiger partial charge is 1.00 e. The number of hydrogen-bond donors (Lipinski definition) is 0. The number of benzene rings is 4. The van der Waals surface area contributed by atoms with E-state index in [1.807, 2.05) is 0 Å². The molecule has 4 bridgehead atoms. The second kappa shape index (κ2) is 17.6. The van der Waals surface area contributed by atoms with E-state index < -0.39 is 0 Å². The Hall–Kier alpha value is -2.44. The van der Waals surface area contributed by atoms with Crippen molar-refractivity contribution in [1.29, 1.82) is 0 Å². The molecule has 0 unspecified atom stereocenters. The molecule has 0 aromatic heterocycles. The summed E-state index contributed by atoms with van der Waals surface area (Å²) in [4.78, 5) is 0. The quantitative estimate of drug-likeness (QED) is 0.164. The van der Waals surface area contributed by atoms with E-state index in [1.54, 1.807) is 37.7 Å². The van der Waals surface area contributed by atoms with Gasteiger partial charge in [-0.1, -0.05) is 89.1 Å². The Morgan fingerprint density at radius 3 is 1.62 bits per heavy atom. The molecule has 0 nitrogen and oxygen atoms in total. The van der Waals surface area contributed by atoms with Crippen LogP contribution in [0.15, 0.2) is 97.1 Å². The molecule has 0 radical (unpaired) electrons. The Morgan fingerprint density at radius 1 is 0.636 bits per heavy atom. The molecule has 0 amide bonds. The standard InChI is InChI=1S/C21H25.C16H21.C15H14.2ClH.Zr/c1-20(2,3)16-9-7-14-11-15-8-10-17(21(4,5)6)13-19(15)18(14)12-16;1-10-2-3-13(4-10)16-14-6-11-5-12(8-14)9-15(16)7-11;1-12-3-7-14(8-4-12)11-15-9-5-13(2)6-10-15;;;/h7,9-10,12-13H,11H2,1-6H3;2-4,11-12,14-16H,5-9H2,1H3;3-10H,1-2H3;2*1H;/q2*-1;;;;+2/p-2. The van der Waals surface area contributed by atoms with Gasteiger partial charge in [0.1, 0.15) is 0 Å². The van der Waals surface area contributed by atoms with Gasteiger partial charge in [0.05, 0.1) is 0 Å². The Balaban J connectivity index is 0.000000157. The molecule has 3 heteroatoms. The van der Waals surface area contributed by atoms with Crippen molar-refractivity contribution in [2.45, 2.75) is 118 Å². The fourth-order valence-corrected chi connectivity index (χ4v) is 10.7. The van der Waals surface area contributed by atoms with Gasteiger partial charge in [0.2, 0.25) is 0 Å². The van der Waals surface area contributed by atoms with Crippen LogP contribution in [0.3, 0.4) is 0 Å². The third-order valence-corrected chi connectivity index (χ3v) is 14.2. The normalized spacial score (nSPS) is 21.5. The average Bonchev–Trinajstić information content (AvgIpc) is 3.70. The van der Waals surface area contributed by atoms with Crippen molar-refractivity contribution in [3.8, 4) is 11.1 Å². The first-order valence-corrected chi connectivity index (χ1v) is 21.5. The number of rotatable bonds is 3. The average molecular weight is 847 g/mol. The van der Waals surface area contributed by atoms with Gasteiger partial charge in [0.25, 0.3) is 0 Å². The molecule has 5 aromatic carbocycles. The van der Waals surface area contributed by atoms with Crippen molar-refractivity contribution in [3.63, 3.8) is 0 Å². The molecule has 0 heterocycles. The van der Waals surface area contributed by atoms with E-state index in [0.717, 1.165) is 36.0 Å². The van der Waals surface area contributed by atoms with Crippen LogP contribution in [-0.4, -0.2) is 3.21 Å². The molecule has 288 valence electrons. The molecule has 0 atom stereocenters. The maximum absolute atomic E-state index is 3.53. The van der Waals surface area contributed by atoms with Crippen LogP contribution in [0.1, 0.15) is 135 Å². The molecule has 0 spiro atoms. The van der Waals surface area contributed by atoms with E-state index >= 15 is 0 Å². The molecule has 4 fully saturated rings. The summed E-state index contributed by atoms with van der Waals surface area (Å²) in [6.07, 6.45) is 8.77. The van der Waals surface area contributed by atoms with Crippen molar-refractivity contribution >= 4 is 3.21 Å². The van der Waals surface area contributed by atoms with Gasteiger partial charge < -0.3 is 24.8 Å². The van der Waals surface area contributed by atoms with Crippen molar-refractivity contribution < 1.29 is 49.0 Å². The monoisotopic (exact) mass is 844 g/mol. The molecule has 10 rings (SSSR count). The fourth-order valence-electron chi connectivity index (χ4n) is 9.86. The van der Waals surface area contributed by atoms with Crippen LogP contribution in [0.5, 0.6) is 0 Å². The van der Waals surface area contributed by atoms with Gasteiger partial charge in [-0.25, -0.2) is 6.07 Å². The minimum atomic E-state index is 0. The summed E-state index contributed by atoms with van der Waals surface area (Å²) in [6, 6.07) is 39.8. The van der Waals surface area contributed by atoms with Crippen LogP contribution in [-0.2, 0) is 41.5 Å². The first kappa shape index (κ1) is 43.7. The summed E-state index contributed by atoms with van der Waals surface area (Å²) in [6.45, 7) is 20.1. The number of fused-ring (bicyclic) bond motifs is 3. The van der Waals surface area contributed by atoms with Crippen LogP contribution in [0.2, 0.25) is 0 Å². The number of hydrogen-bond acceptors (Lipinski definition) is 0. The molecule has 55 heavy (non-hydrogen) atoms. The molecule has 5 aromatic rings. The van der Waals surface area contributed by atoms with Crippen LogP contribution >= 0.6 is 0 Å². The smallest absolute Gasteiger partial charge is 1.00 e. The van der Waals surface area contributed by atoms with Crippen molar-refractivity contribution in [2.24, 2.45) is 23.7 Å². The van der Waals surface area contributed by atoms with Gasteiger partial charge in [-0.3, -0.25) is 0 Å². The van der Waals surface area contributed by atoms with Gasteiger partial charge in [-0.2, -0.15) is 52.6 Å². The van der Waals surface area contributed by atoms with Gasteiger partial charge in [0.15, 0.2) is 0 Å². The Labute approximate surface area is 360 Å². The summed E-state index contributed by atoms with van der Waals surface area (Å²) < 4.78 is 1.42. The minimum Gasteiger partial charge on any atom is -1.00 e. The summed E-state index contributed by atoms with van der Waals surface area (Å²) in [5, 5.41) is 0. The maximum atomic E-state index is 3.53. The predicted octanol–water partition coefficient (Wildman–Crippen LogP) is 7.33. The molecular formula is C52H60Cl2Zr-2. The van der Waals surface area contributed by atoms with E-state index in [-0.39, 0.29) is 35.6 Å². The van der Waals surface area contributed by atoms with E-state index in [2.05, 4.69) is 165 Å². The first-order valence-electron chi connectivity index (χ1n) is 20.3. The van der Waals surface area contributed by atoms with Crippen molar-refractivity contribution in [3.05, 3.63) is 159 Å². The second-order valence-electron chi connectivity index (χ2n) is 19.1. The summed E-state index contributed by atoms with van der Waals surface area (Å²) in [5.74, 6) is 5.22. The van der Waals surface area contributed by atoms with Crippen LogP contribution < -0.4 is 24.8 Å². The third kappa shape index (κ3) is 10.00. The zero-order valence-electron chi connectivity index (χ0n) is 34.6. The zero-order chi connectivity index (χ0) is 37.7. The SMILES string of the molecule is CC(C)(C)c1c[c-]c2c(c1)-c1cc(C(C)(C)C)ccc1C2.Cc1cc(C2C3CC4CC(C3)CC2C4)c[cH-]1.Cc1ccc([C](=[Zr+2])c2ccc(C)cc2)cc1.[Cl-].[Cl-]. The minimum absolute atomic E-state index is 0. The number of halogens is 2. The molecule has 0 aliphatic heterocycles. The van der Waals surface area contributed by atoms with Gasteiger partial charge in [0, 0.05) is 0 Å². The van der Waals surface area contributed by atoms with Crippen LogP contribution in [0.25, 0.3) is 11.1 Å². The molecule has 0 saturated heterocycles. The molecule has 5 aliphatic rings. The third-order valence-electron chi connectivity index (χ3n) is 12.8. The van der Waals surface area contributed by atoms with Crippen molar-refractivity contribution in [2.75, 3.05) is 0 Å². The van der Waals surface area contributed by atoms with Gasteiger partial charge >= 0.3 is 112 Å². The van der Waals surface area contributed by atoms with Crippen LogP contribution in [0.4, 0.5) is 0 Å². The Kier molecular flexibility index (Phi) is 14.0. The van der Waals surface area contributed by atoms with E-state index in [4.69, 9.17) is 0 Å².